The zero-order valence-corrected chi connectivity index (χ0v) is 15.7. The molecule has 0 spiro atoms. The number of aromatic nitrogens is 1. The maximum atomic E-state index is 6.13. The number of para-hydroxylation sites is 1. The van der Waals surface area contributed by atoms with Gasteiger partial charge in [-0.3, -0.25) is 0 Å². The molecule has 0 aliphatic rings. The van der Waals surface area contributed by atoms with Crippen LogP contribution >= 0.6 is 11.6 Å². The summed E-state index contributed by atoms with van der Waals surface area (Å²) >= 11 is 6.13. The number of hydrogen-bond acceptors (Lipinski definition) is 1. The second-order valence-corrected chi connectivity index (χ2v) is 7.20. The maximum Gasteiger partial charge on any atom is 0.0457 e. The third-order valence-corrected chi connectivity index (χ3v) is 5.13. The Balaban J connectivity index is 1.88. The van der Waals surface area contributed by atoms with Gasteiger partial charge >= 0.3 is 0 Å². The van der Waals surface area contributed by atoms with Gasteiger partial charge in [-0.1, -0.05) is 54.1 Å². The van der Waals surface area contributed by atoms with Gasteiger partial charge in [-0.15, -0.1) is 0 Å². The van der Waals surface area contributed by atoms with Crippen LogP contribution in [-0.2, 0) is 0 Å². The molecule has 0 saturated carbocycles. The summed E-state index contributed by atoms with van der Waals surface area (Å²) in [6, 6.07) is 25.4. The highest BCUT2D eigenvalue weighted by Crippen LogP contribution is 2.37. The van der Waals surface area contributed by atoms with Crippen LogP contribution in [0.4, 0.5) is 5.69 Å². The van der Waals surface area contributed by atoms with Crippen LogP contribution in [0.2, 0.25) is 5.02 Å². The minimum Gasteiger partial charge on any atom is -0.378 e. The van der Waals surface area contributed by atoms with Crippen LogP contribution in [0.5, 0.6) is 0 Å². The summed E-state index contributed by atoms with van der Waals surface area (Å²) in [7, 11) is 4.12. The van der Waals surface area contributed by atoms with Crippen molar-refractivity contribution in [2.45, 2.75) is 5.92 Å². The third-order valence-electron chi connectivity index (χ3n) is 4.88. The molecule has 0 aliphatic heterocycles. The van der Waals surface area contributed by atoms with E-state index in [4.69, 9.17) is 11.6 Å². The van der Waals surface area contributed by atoms with E-state index in [2.05, 4.69) is 90.8 Å². The lowest BCUT2D eigenvalue weighted by Crippen LogP contribution is -2.09. The van der Waals surface area contributed by atoms with Crippen molar-refractivity contribution in [1.82, 2.24) is 4.98 Å². The number of nitrogens with one attached hydrogen (secondary N) is 1. The first-order chi connectivity index (χ1) is 12.6. The molecule has 3 heteroatoms. The molecule has 0 amide bonds. The molecule has 1 aromatic heterocycles. The molecule has 0 radical (unpaired) electrons. The lowest BCUT2D eigenvalue weighted by molar-refractivity contribution is 0.985. The average Bonchev–Trinajstić information content (AvgIpc) is 3.08. The van der Waals surface area contributed by atoms with Gasteiger partial charge in [0, 0.05) is 47.8 Å². The van der Waals surface area contributed by atoms with Crippen LogP contribution < -0.4 is 4.90 Å². The number of anilines is 1. The molecule has 0 saturated heterocycles. The highest BCUT2D eigenvalue weighted by molar-refractivity contribution is 6.30. The first kappa shape index (κ1) is 16.7. The Morgan fingerprint density at radius 1 is 0.808 bits per heavy atom. The number of aromatic amines is 1. The van der Waals surface area contributed by atoms with Crippen molar-refractivity contribution in [3.63, 3.8) is 0 Å². The molecule has 1 N–H and O–H groups in total. The molecule has 4 aromatic rings. The number of halogens is 1. The normalized spacial score (nSPS) is 12.3. The molecule has 0 fully saturated rings. The van der Waals surface area contributed by atoms with Crippen LogP contribution in [-0.4, -0.2) is 19.1 Å². The lowest BCUT2D eigenvalue weighted by Gasteiger charge is -2.20. The summed E-state index contributed by atoms with van der Waals surface area (Å²) in [5, 5.41) is 2.01. The van der Waals surface area contributed by atoms with Gasteiger partial charge in [0.05, 0.1) is 0 Å². The van der Waals surface area contributed by atoms with E-state index < -0.39 is 0 Å². The largest absolute Gasteiger partial charge is 0.378 e. The van der Waals surface area contributed by atoms with E-state index in [0.717, 1.165) is 10.5 Å². The number of hydrogen-bond donors (Lipinski definition) is 1. The van der Waals surface area contributed by atoms with Crippen molar-refractivity contribution < 1.29 is 0 Å². The number of benzene rings is 3. The topological polar surface area (TPSA) is 19.0 Å². The van der Waals surface area contributed by atoms with E-state index in [9.17, 15) is 0 Å². The Bertz CT molecular complexity index is 1010. The highest BCUT2D eigenvalue weighted by Gasteiger charge is 2.20. The van der Waals surface area contributed by atoms with Crippen LogP contribution in [0.25, 0.3) is 10.9 Å². The molecule has 3 aromatic carbocycles. The molecule has 26 heavy (non-hydrogen) atoms. The van der Waals surface area contributed by atoms with Gasteiger partial charge in [-0.25, -0.2) is 0 Å². The monoisotopic (exact) mass is 360 g/mol. The van der Waals surface area contributed by atoms with Crippen molar-refractivity contribution in [3.05, 3.63) is 101 Å². The molecule has 2 nitrogen and oxygen atoms in total. The fourth-order valence-electron chi connectivity index (χ4n) is 3.50. The van der Waals surface area contributed by atoms with Gasteiger partial charge in [0.2, 0.25) is 0 Å². The van der Waals surface area contributed by atoms with Gasteiger partial charge in [0.15, 0.2) is 0 Å². The fraction of sp³-hybridized carbons (Fsp3) is 0.130. The second kappa shape index (κ2) is 6.89. The Morgan fingerprint density at radius 2 is 1.42 bits per heavy atom. The van der Waals surface area contributed by atoms with E-state index in [0.29, 0.717) is 0 Å². The Kier molecular flexibility index (Phi) is 4.44. The fourth-order valence-corrected chi connectivity index (χ4v) is 3.63. The van der Waals surface area contributed by atoms with Gasteiger partial charge in [-0.05, 0) is 47.0 Å². The maximum absolute atomic E-state index is 6.13. The third kappa shape index (κ3) is 3.09. The van der Waals surface area contributed by atoms with Gasteiger partial charge in [0.1, 0.15) is 0 Å². The van der Waals surface area contributed by atoms with E-state index in [1.165, 1.54) is 27.8 Å². The predicted molar refractivity (Wildman–Crippen MR) is 111 cm³/mol. The lowest BCUT2D eigenvalue weighted by atomic mass is 9.85. The number of rotatable bonds is 4. The average molecular weight is 361 g/mol. The number of nitrogens with zero attached hydrogens (tertiary/aromatic N) is 1. The van der Waals surface area contributed by atoms with E-state index in [1.54, 1.807) is 0 Å². The first-order valence-electron chi connectivity index (χ1n) is 8.72. The van der Waals surface area contributed by atoms with Crippen molar-refractivity contribution in [2.24, 2.45) is 0 Å². The minimum atomic E-state index is 0.152. The van der Waals surface area contributed by atoms with Crippen LogP contribution in [0.1, 0.15) is 22.6 Å². The first-order valence-corrected chi connectivity index (χ1v) is 9.10. The zero-order valence-electron chi connectivity index (χ0n) is 14.9. The summed E-state index contributed by atoms with van der Waals surface area (Å²) in [5.74, 6) is 0.152. The molecule has 130 valence electrons. The van der Waals surface area contributed by atoms with E-state index in [1.807, 2.05) is 12.1 Å². The SMILES string of the molecule is CN(C)c1ccc(C(c2ccc(Cl)cc2)c2c[nH]c3ccccc23)cc1. The second-order valence-electron chi connectivity index (χ2n) is 6.76. The molecule has 1 atom stereocenters. The van der Waals surface area contributed by atoms with E-state index >= 15 is 0 Å². The van der Waals surface area contributed by atoms with E-state index in [-0.39, 0.29) is 5.92 Å². The molecule has 0 bridgehead atoms. The molecule has 1 heterocycles. The number of H-pyrrole nitrogens is 1. The summed E-state index contributed by atoms with van der Waals surface area (Å²) in [6.45, 7) is 0. The molecular weight excluding hydrogens is 340 g/mol. The molecule has 4 rings (SSSR count). The van der Waals surface area contributed by atoms with Gasteiger partial charge in [0.25, 0.3) is 0 Å². The summed E-state index contributed by atoms with van der Waals surface area (Å²) in [6.07, 6.45) is 2.13. The van der Waals surface area contributed by atoms with Crippen molar-refractivity contribution >= 4 is 28.2 Å². The summed E-state index contributed by atoms with van der Waals surface area (Å²) in [5.41, 5.74) is 6.13. The summed E-state index contributed by atoms with van der Waals surface area (Å²) in [4.78, 5) is 5.53. The molecule has 0 aliphatic carbocycles. The Hall–Kier alpha value is -2.71. The standard InChI is InChI=1S/C23H21ClN2/c1-26(2)19-13-9-17(10-14-19)23(16-7-11-18(24)12-8-16)21-15-25-22-6-4-3-5-20(21)22/h3-15,23,25H,1-2H3. The number of fused-ring (bicyclic) bond motifs is 1. The minimum absolute atomic E-state index is 0.152. The quantitative estimate of drug-likeness (QED) is 0.468. The summed E-state index contributed by atoms with van der Waals surface area (Å²) < 4.78 is 0. The highest BCUT2D eigenvalue weighted by atomic mass is 35.5. The van der Waals surface area contributed by atoms with Crippen molar-refractivity contribution in [3.8, 4) is 0 Å². The van der Waals surface area contributed by atoms with Gasteiger partial charge in [-0.2, -0.15) is 0 Å². The van der Waals surface area contributed by atoms with Crippen molar-refractivity contribution in [2.75, 3.05) is 19.0 Å². The zero-order chi connectivity index (χ0) is 18.1. The van der Waals surface area contributed by atoms with Crippen LogP contribution in [0.15, 0.2) is 79.0 Å². The smallest absolute Gasteiger partial charge is 0.0457 e. The van der Waals surface area contributed by atoms with Gasteiger partial charge < -0.3 is 9.88 Å². The van der Waals surface area contributed by atoms with Crippen LogP contribution in [0, 0.1) is 0 Å². The Labute approximate surface area is 159 Å². The predicted octanol–water partition coefficient (Wildman–Crippen LogP) is 6.07. The van der Waals surface area contributed by atoms with Crippen molar-refractivity contribution in [1.29, 1.82) is 0 Å². The van der Waals surface area contributed by atoms with Crippen LogP contribution in [0.3, 0.4) is 0 Å². The molecular formula is C23H21ClN2. The molecule has 1 unspecified atom stereocenters. The Morgan fingerprint density at radius 3 is 2.08 bits per heavy atom.